The molecule has 1 aromatic carbocycles. The summed E-state index contributed by atoms with van der Waals surface area (Å²) < 4.78 is 0. The highest BCUT2D eigenvalue weighted by atomic mass is 16.4. The fraction of sp³-hybridized carbons (Fsp3) is 0.750. The van der Waals surface area contributed by atoms with Crippen LogP contribution in [0.25, 0.3) is 0 Å². The number of aromatic carboxylic acids is 1. The molecular formula is C28H51NO2. The number of carboxylic acid groups (broad SMARTS) is 1. The van der Waals surface area contributed by atoms with Gasteiger partial charge in [-0.1, -0.05) is 134 Å². The molecule has 0 aliphatic heterocycles. The summed E-state index contributed by atoms with van der Waals surface area (Å²) >= 11 is 0. The second-order valence-corrected chi connectivity index (χ2v) is 9.49. The number of quaternary nitrogens is 1. The van der Waals surface area contributed by atoms with Crippen molar-refractivity contribution in [3.63, 3.8) is 0 Å². The Bertz CT molecular complexity index is 510. The molecule has 0 unspecified atom stereocenters. The Morgan fingerprint density at radius 2 is 1.06 bits per heavy atom. The van der Waals surface area contributed by atoms with Crippen LogP contribution in [-0.2, 0) is 0 Å². The lowest BCUT2D eigenvalue weighted by Crippen LogP contribution is -2.50. The van der Waals surface area contributed by atoms with Crippen LogP contribution in [-0.4, -0.2) is 12.5 Å². The van der Waals surface area contributed by atoms with Gasteiger partial charge in [0.25, 0.3) is 0 Å². The number of hydrogen-bond donors (Lipinski definition) is 1. The zero-order valence-electron chi connectivity index (χ0n) is 20.9. The van der Waals surface area contributed by atoms with Gasteiger partial charge in [0.05, 0.1) is 12.5 Å². The van der Waals surface area contributed by atoms with Gasteiger partial charge in [-0.2, -0.15) is 0 Å². The highest BCUT2D eigenvalue weighted by molar-refractivity contribution is 5.85. The van der Waals surface area contributed by atoms with E-state index in [0.29, 0.717) is 0 Å². The molecule has 0 spiro atoms. The number of unbranched alkanes of at least 4 members (excludes halogenated alkanes) is 14. The molecule has 0 fully saturated rings. The largest absolute Gasteiger partial charge is 0.545 e. The summed E-state index contributed by atoms with van der Waals surface area (Å²) in [6.07, 6.45) is 23.2. The Morgan fingerprint density at radius 1 is 0.710 bits per heavy atom. The molecule has 0 amide bonds. The van der Waals surface area contributed by atoms with E-state index >= 15 is 0 Å². The van der Waals surface area contributed by atoms with E-state index in [1.165, 1.54) is 115 Å². The number of hydrogen-bond acceptors (Lipinski definition) is 2. The van der Waals surface area contributed by atoms with E-state index < -0.39 is 5.97 Å². The van der Waals surface area contributed by atoms with Gasteiger partial charge in [-0.3, -0.25) is 0 Å². The maximum absolute atomic E-state index is 10.2. The van der Waals surface area contributed by atoms with E-state index in [2.05, 4.69) is 19.6 Å². The summed E-state index contributed by atoms with van der Waals surface area (Å²) in [4.78, 5) is 10.2. The van der Waals surface area contributed by atoms with Crippen molar-refractivity contribution in [3.8, 4) is 0 Å². The number of carbonyl (C=O) groups is 1. The van der Waals surface area contributed by atoms with Gasteiger partial charge in [0.15, 0.2) is 0 Å². The molecule has 0 aliphatic carbocycles. The maximum Gasteiger partial charge on any atom is 0.0739 e. The number of aryl methyl sites for hydroxylation is 1. The first-order valence-electron chi connectivity index (χ1n) is 13.0. The second kappa shape index (κ2) is 21.9. The lowest BCUT2D eigenvalue weighted by atomic mass is 10.0. The Hall–Kier alpha value is -1.35. The molecule has 0 bridgehead atoms. The zero-order valence-corrected chi connectivity index (χ0v) is 20.9. The van der Waals surface area contributed by atoms with Gasteiger partial charge in [-0.15, -0.1) is 0 Å². The lowest BCUT2D eigenvalue weighted by Gasteiger charge is -2.05. The van der Waals surface area contributed by atoms with E-state index in [-0.39, 0.29) is 5.56 Å². The van der Waals surface area contributed by atoms with Crippen molar-refractivity contribution in [3.05, 3.63) is 35.4 Å². The predicted octanol–water partition coefficient (Wildman–Crippen LogP) is 6.48. The highest BCUT2D eigenvalue weighted by Gasteiger charge is 1.96. The summed E-state index contributed by atoms with van der Waals surface area (Å²) in [7, 11) is 0. The van der Waals surface area contributed by atoms with Crippen LogP contribution < -0.4 is 10.8 Å². The lowest BCUT2D eigenvalue weighted by molar-refractivity contribution is -0.368. The van der Waals surface area contributed by atoms with Crippen LogP contribution in [0.3, 0.4) is 0 Å². The molecule has 180 valence electrons. The Morgan fingerprint density at radius 3 is 1.39 bits per heavy atom. The minimum absolute atomic E-state index is 0.227. The fourth-order valence-electron chi connectivity index (χ4n) is 3.72. The van der Waals surface area contributed by atoms with E-state index in [9.17, 15) is 9.90 Å². The summed E-state index contributed by atoms with van der Waals surface area (Å²) in [5, 5.41) is 10.2. The van der Waals surface area contributed by atoms with Crippen molar-refractivity contribution < 1.29 is 15.6 Å². The Kier molecular flexibility index (Phi) is 20.9. The van der Waals surface area contributed by atoms with E-state index in [1.54, 1.807) is 12.1 Å². The molecule has 3 heteroatoms. The van der Waals surface area contributed by atoms with Gasteiger partial charge in [-0.25, -0.2) is 0 Å². The average molecular weight is 434 g/mol. The van der Waals surface area contributed by atoms with Crippen molar-refractivity contribution in [2.45, 2.75) is 124 Å². The quantitative estimate of drug-likeness (QED) is 0.269. The van der Waals surface area contributed by atoms with E-state index in [1.807, 2.05) is 6.92 Å². The normalized spacial score (nSPS) is 10.7. The van der Waals surface area contributed by atoms with Gasteiger partial charge in [0.2, 0.25) is 0 Å². The minimum atomic E-state index is -1.12. The molecular weight excluding hydrogens is 382 g/mol. The molecule has 1 aromatic rings. The molecule has 1 rings (SSSR count). The first-order chi connectivity index (χ1) is 15.0. The molecule has 0 atom stereocenters. The number of carbonyl (C=O) groups excluding carboxylic acids is 1. The molecule has 0 aliphatic rings. The van der Waals surface area contributed by atoms with Gasteiger partial charge in [0, 0.05) is 0 Å². The predicted molar refractivity (Wildman–Crippen MR) is 132 cm³/mol. The van der Waals surface area contributed by atoms with Crippen LogP contribution in [0, 0.1) is 12.8 Å². The third-order valence-electron chi connectivity index (χ3n) is 5.82. The van der Waals surface area contributed by atoms with Crippen molar-refractivity contribution in [1.82, 2.24) is 0 Å². The molecule has 0 saturated heterocycles. The second-order valence-electron chi connectivity index (χ2n) is 9.49. The van der Waals surface area contributed by atoms with E-state index in [0.717, 1.165) is 18.0 Å². The molecule has 0 aromatic heterocycles. The van der Waals surface area contributed by atoms with E-state index in [4.69, 9.17) is 0 Å². The van der Waals surface area contributed by atoms with Crippen molar-refractivity contribution in [2.24, 2.45) is 5.92 Å². The average Bonchev–Trinajstić information content (AvgIpc) is 2.74. The van der Waals surface area contributed by atoms with Gasteiger partial charge >= 0.3 is 0 Å². The molecule has 0 saturated carbocycles. The monoisotopic (exact) mass is 433 g/mol. The van der Waals surface area contributed by atoms with Gasteiger partial charge in [0.1, 0.15) is 0 Å². The zero-order chi connectivity index (χ0) is 23.2. The maximum atomic E-state index is 10.2. The molecule has 3 nitrogen and oxygen atoms in total. The van der Waals surface area contributed by atoms with Crippen LogP contribution in [0.5, 0.6) is 0 Å². The third-order valence-corrected chi connectivity index (χ3v) is 5.82. The number of rotatable bonds is 18. The summed E-state index contributed by atoms with van der Waals surface area (Å²) in [6.45, 7) is 7.70. The van der Waals surface area contributed by atoms with Crippen LogP contribution in [0.4, 0.5) is 0 Å². The van der Waals surface area contributed by atoms with Crippen molar-refractivity contribution >= 4 is 5.97 Å². The minimum Gasteiger partial charge on any atom is -0.545 e. The molecule has 31 heavy (non-hydrogen) atoms. The number of benzene rings is 1. The third kappa shape index (κ3) is 21.7. The SMILES string of the molecule is CC(C)CCCCCCCCCCCCCCCCC[NH3+].Cc1ccc(C(=O)[O-])cc1. The van der Waals surface area contributed by atoms with Crippen LogP contribution >= 0.6 is 0 Å². The van der Waals surface area contributed by atoms with Crippen LogP contribution in [0.1, 0.15) is 133 Å². The Labute approximate surface area is 193 Å². The van der Waals surface area contributed by atoms with Gasteiger partial charge in [-0.05, 0) is 31.2 Å². The molecule has 3 N–H and O–H groups in total. The fourth-order valence-corrected chi connectivity index (χ4v) is 3.72. The topological polar surface area (TPSA) is 67.8 Å². The van der Waals surface area contributed by atoms with Crippen molar-refractivity contribution in [1.29, 1.82) is 0 Å². The standard InChI is InChI=1S/C20H43N.C8H8O2/c1-20(2)18-16-14-12-10-8-6-4-3-5-7-9-11-13-15-17-19-21;1-6-2-4-7(5-3-6)8(9)10/h20H,3-19,21H2,1-2H3;2-5H,1H3,(H,9,10). The van der Waals surface area contributed by atoms with Crippen LogP contribution in [0.15, 0.2) is 24.3 Å². The molecule has 0 radical (unpaired) electrons. The summed E-state index contributed by atoms with van der Waals surface area (Å²) in [5.74, 6) is -0.228. The first-order valence-corrected chi connectivity index (χ1v) is 13.0. The summed E-state index contributed by atoms with van der Waals surface area (Å²) in [6, 6.07) is 6.55. The van der Waals surface area contributed by atoms with Gasteiger partial charge < -0.3 is 15.6 Å². The Balaban J connectivity index is 0.000000743. The van der Waals surface area contributed by atoms with Crippen molar-refractivity contribution in [2.75, 3.05) is 6.54 Å². The molecule has 0 heterocycles. The first kappa shape index (κ1) is 29.7. The van der Waals surface area contributed by atoms with Crippen LogP contribution in [0.2, 0.25) is 0 Å². The number of carboxylic acids is 1. The highest BCUT2D eigenvalue weighted by Crippen LogP contribution is 2.14. The summed E-state index contributed by atoms with van der Waals surface area (Å²) in [5.41, 5.74) is 5.17. The smallest absolute Gasteiger partial charge is 0.0739 e.